The van der Waals surface area contributed by atoms with Gasteiger partial charge < -0.3 is 181 Å². The van der Waals surface area contributed by atoms with Crippen LogP contribution in [0.5, 0.6) is 0 Å². The van der Waals surface area contributed by atoms with Crippen molar-refractivity contribution in [3.05, 3.63) is 0 Å². The number of nitrogens with one attached hydrogen (secondary N) is 6. The van der Waals surface area contributed by atoms with Gasteiger partial charge in [-0.2, -0.15) is 25.3 Å². The van der Waals surface area contributed by atoms with E-state index >= 15 is 0 Å². The quantitative estimate of drug-likeness (QED) is 0.0198. The van der Waals surface area contributed by atoms with Crippen LogP contribution in [0, 0.1) is 35.5 Å². The van der Waals surface area contributed by atoms with Crippen molar-refractivity contribution in [3.8, 4) is 0 Å². The smallest absolute Gasteiger partial charge is 0.197 e. The molecule has 0 amide bonds. The molecular formula is C54H108MoN6O6S18-6. The van der Waals surface area contributed by atoms with Crippen LogP contribution in [0.15, 0.2) is 0 Å². The molecule has 0 aliphatic carbocycles. The predicted octanol–water partition coefficient (Wildman–Crippen LogP) is 13.7. The molecule has 0 heterocycles. The fourth-order valence-electron chi connectivity index (χ4n) is 8.36. The minimum Gasteiger partial charge on any atom is -0.412 e. The van der Waals surface area contributed by atoms with Gasteiger partial charge in [0.2, 0.25) is 0 Å². The third-order valence-electron chi connectivity index (χ3n) is 11.6. The van der Waals surface area contributed by atoms with Gasteiger partial charge in [0, 0.05) is 60.3 Å². The molecule has 31 heteroatoms. The molecule has 510 valence electrons. The summed E-state index contributed by atoms with van der Waals surface area (Å²) < 4.78 is 50.0. The minimum atomic E-state index is 0. The Morgan fingerprint density at radius 1 is 0.224 bits per heavy atom. The van der Waals surface area contributed by atoms with Crippen LogP contribution in [0.25, 0.3) is 0 Å². The van der Waals surface area contributed by atoms with Crippen LogP contribution in [-0.2, 0) is 172 Å². The van der Waals surface area contributed by atoms with Crippen molar-refractivity contribution in [2.75, 3.05) is 39.3 Å². The molecule has 0 spiro atoms. The molecule has 0 radical (unpaired) electrons. The Bertz CT molecular complexity index is 1080. The maximum absolute atomic E-state index is 7.83. The zero-order chi connectivity index (χ0) is 68.4. The molecule has 0 aliphatic heterocycles. The summed E-state index contributed by atoms with van der Waals surface area (Å²) in [4.78, 5) is 0. The summed E-state index contributed by atoms with van der Waals surface area (Å²) in [5.41, 5.74) is 0. The molecular weight excluding hydrogens is 1500 g/mol. The minimum absolute atomic E-state index is 0. The van der Waals surface area contributed by atoms with Gasteiger partial charge >= 0.3 is 0 Å². The monoisotopic (exact) mass is 1610 g/mol. The average Bonchev–Trinajstić information content (AvgIpc) is 3.48. The van der Waals surface area contributed by atoms with Gasteiger partial charge in [0.25, 0.3) is 0 Å². The Morgan fingerprint density at radius 2 is 0.294 bits per heavy atom. The molecule has 0 bridgehead atoms. The summed E-state index contributed by atoms with van der Waals surface area (Å²) in [6.07, 6.45) is 30.3. The predicted molar refractivity (Wildman–Crippen MR) is 416 cm³/mol. The molecule has 0 atom stereocenters. The molecule has 0 unspecified atom stereocenters. The van der Waals surface area contributed by atoms with Gasteiger partial charge in [-0.25, -0.2) is 0 Å². The molecule has 0 saturated heterocycles. The Balaban J connectivity index is -0.0000000639. The Hall–Kier alpha value is 1.47. The fraction of sp³-hybridized carbons (Fsp3) is 0.889. The van der Waals surface area contributed by atoms with E-state index in [-0.39, 0.29) is 21.1 Å². The van der Waals surface area contributed by atoms with Gasteiger partial charge in [-0.3, -0.25) is 0 Å². The van der Waals surface area contributed by atoms with Crippen LogP contribution in [0.1, 0.15) is 237 Å². The molecule has 0 aliphatic rings. The second kappa shape index (κ2) is 113. The van der Waals surface area contributed by atoms with Crippen molar-refractivity contribution in [1.82, 2.24) is 31.9 Å². The molecule has 0 aromatic carbocycles. The van der Waals surface area contributed by atoms with Crippen LogP contribution in [0.4, 0.5) is 0 Å². The van der Waals surface area contributed by atoms with Gasteiger partial charge in [-0.05, 0) is 113 Å². The molecule has 0 saturated carbocycles. The van der Waals surface area contributed by atoms with E-state index in [2.05, 4.69) is 190 Å². The molecule has 0 aromatic rings. The van der Waals surface area contributed by atoms with Crippen molar-refractivity contribution < 1.29 is 46.3 Å². The Labute approximate surface area is 633 Å². The third-order valence-corrected chi connectivity index (χ3v) is 13.3. The van der Waals surface area contributed by atoms with Crippen molar-refractivity contribution in [3.63, 3.8) is 0 Å². The normalized spacial score (nSPS) is 8.96. The van der Waals surface area contributed by atoms with Crippen LogP contribution < -0.4 is 31.9 Å². The molecule has 0 rings (SSSR count). The topological polar surface area (TPSA) is 175 Å². The molecule has 0 fully saturated rings. The van der Waals surface area contributed by atoms with E-state index in [0.717, 1.165) is 74.8 Å². The first-order valence-corrected chi connectivity index (χ1v) is 35.8. The second-order valence-electron chi connectivity index (χ2n) is 18.7. The first-order chi connectivity index (χ1) is 40.2. The zero-order valence-corrected chi connectivity index (χ0v) is 69.6. The number of thiocarbonyl (C=S) groups is 6. The van der Waals surface area contributed by atoms with Crippen LogP contribution in [-0.4, -0.2) is 90.4 Å². The Kier molecular flexibility index (Phi) is 156. The molecule has 6 N–H and O–H groups in total. The number of hydrogen-bond donors (Lipinski definition) is 6. The zero-order valence-electron chi connectivity index (χ0n) is 52.9. The van der Waals surface area contributed by atoms with E-state index in [1.165, 1.54) is 154 Å². The van der Waals surface area contributed by atoms with Crippen LogP contribution in [0.2, 0.25) is 0 Å². The third kappa shape index (κ3) is 131. The summed E-state index contributed by atoms with van der Waals surface area (Å²) in [6.45, 7) is 32.4. The van der Waals surface area contributed by atoms with E-state index in [1.807, 2.05) is 0 Å². The fourth-order valence-corrected chi connectivity index (χ4v) is 9.36. The maximum Gasteiger partial charge on any atom is 0.197 e. The largest absolute Gasteiger partial charge is 0.412 e. The first-order valence-electron chi connectivity index (χ1n) is 28.9. The van der Waals surface area contributed by atoms with Gasteiger partial charge in [0.05, 0.1) is 0 Å². The van der Waals surface area contributed by atoms with Crippen molar-refractivity contribution in [1.29, 1.82) is 0 Å². The first kappa shape index (κ1) is 117. The van der Waals surface area contributed by atoms with E-state index < -0.39 is 0 Å². The average molecular weight is 1610 g/mol. The van der Waals surface area contributed by atoms with Crippen molar-refractivity contribution in [2.45, 2.75) is 237 Å². The van der Waals surface area contributed by atoms with Gasteiger partial charge in [-0.15, -0.1) is 0 Å². The van der Waals surface area contributed by atoms with Crippen molar-refractivity contribution in [2.24, 2.45) is 35.5 Å². The van der Waals surface area contributed by atoms with Gasteiger partial charge in [0.1, 0.15) is 0 Å². The second-order valence-corrected chi connectivity index (χ2v) is 25.1. The van der Waals surface area contributed by atoms with Crippen LogP contribution in [0.3, 0.4) is 0 Å². The number of hydrogen-bond acceptors (Lipinski definition) is 24. The molecule has 85 heavy (non-hydrogen) atoms. The van der Waals surface area contributed by atoms with Gasteiger partial charge in [-0.1, -0.05) is 186 Å². The summed E-state index contributed by atoms with van der Waals surface area (Å²) in [5.74, 6) is 4.50. The molecule has 0 aromatic heterocycles. The summed E-state index contributed by atoms with van der Waals surface area (Å²) in [7, 11) is 0. The Morgan fingerprint density at radius 3 is 0.341 bits per heavy atom. The van der Waals surface area contributed by atoms with Crippen LogP contribution >= 0.6 is 73.3 Å². The van der Waals surface area contributed by atoms with Gasteiger partial charge in [0.15, 0.2) is 75.2 Å². The van der Waals surface area contributed by atoms with E-state index in [1.54, 1.807) is 0 Å². The summed E-state index contributed by atoms with van der Waals surface area (Å²) in [6, 6.07) is 0. The molecule has 12 nitrogen and oxygen atoms in total. The summed E-state index contributed by atoms with van der Waals surface area (Å²) >= 11 is 74.4. The SMILES string of the molecule is CCCC(CCC)CNC(=S)[S-].CCCC(CCC)CNC(=S)[S-].CCCC(CCC)CNC(=S)[S-].CCCC(CCC)CNC(=S)[S-].CCCC(CCC)CNC(=S)[S-].CCCC(CCC)CNC(=S)[S-].O=S.O=S.O=S.O=S.O=S.O=S.[Mo]. The van der Waals surface area contributed by atoms with Crippen molar-refractivity contribution >= 4 is 250 Å². The standard InChI is InChI=1S/6C9H19NS2.Mo.6OS/c6*1-3-5-8(6-4-2)7-10-9(11)12;;6*1-2/h6*8H,3-7H2,1-2H3,(H2,10,11,12);;;;;;;/p-6. The van der Waals surface area contributed by atoms with E-state index in [9.17, 15) is 0 Å². The van der Waals surface area contributed by atoms with E-state index in [0.29, 0.717) is 25.9 Å². The number of rotatable bonds is 36. The maximum atomic E-state index is 7.83. The van der Waals surface area contributed by atoms with E-state index in [4.69, 9.17) is 174 Å². The summed E-state index contributed by atoms with van der Waals surface area (Å²) in [5, 5.41) is 18.4.